The van der Waals surface area contributed by atoms with Gasteiger partial charge in [0.1, 0.15) is 5.82 Å². The van der Waals surface area contributed by atoms with Crippen LogP contribution in [-0.4, -0.2) is 30.8 Å². The molecule has 0 unspecified atom stereocenters. The maximum atomic E-state index is 12.1. The molecule has 4 rings (SSSR count). The summed E-state index contributed by atoms with van der Waals surface area (Å²) in [5, 5.41) is 2.83. The molecule has 1 fully saturated rings. The third kappa shape index (κ3) is 3.79. The molecule has 3 heterocycles. The van der Waals surface area contributed by atoms with Crippen molar-refractivity contribution >= 4 is 23.5 Å². The fourth-order valence-corrected chi connectivity index (χ4v) is 3.14. The third-order valence-corrected chi connectivity index (χ3v) is 4.52. The van der Waals surface area contributed by atoms with Gasteiger partial charge in [-0.2, -0.15) is 0 Å². The van der Waals surface area contributed by atoms with Crippen LogP contribution in [-0.2, 0) is 4.79 Å². The Morgan fingerprint density at radius 2 is 1.92 bits per heavy atom. The Morgan fingerprint density at radius 3 is 2.73 bits per heavy atom. The Kier molecular flexibility index (Phi) is 4.73. The molecular weight excluding hydrogens is 330 g/mol. The number of carbonyl (C=O) groups is 1. The first-order valence-electron chi connectivity index (χ1n) is 8.88. The molecule has 1 aromatic carbocycles. The minimum absolute atomic E-state index is 0.199. The molecule has 1 aromatic heterocycles. The monoisotopic (exact) mass is 351 g/mol. The molecule has 134 valence electrons. The number of hydrogen-bond donors (Lipinski definition) is 1. The van der Waals surface area contributed by atoms with Crippen LogP contribution in [0.15, 0.2) is 42.6 Å². The number of rotatable bonds is 4. The van der Waals surface area contributed by atoms with Crippen LogP contribution in [0.25, 0.3) is 6.08 Å². The highest BCUT2D eigenvalue weighted by Crippen LogP contribution is 2.32. The van der Waals surface area contributed by atoms with E-state index >= 15 is 0 Å². The van der Waals surface area contributed by atoms with Crippen molar-refractivity contribution in [3.8, 4) is 11.5 Å². The molecule has 0 radical (unpaired) electrons. The molecule has 0 spiro atoms. The van der Waals surface area contributed by atoms with Gasteiger partial charge in [-0.25, -0.2) is 4.98 Å². The molecule has 26 heavy (non-hydrogen) atoms. The topological polar surface area (TPSA) is 63.7 Å². The molecule has 6 heteroatoms. The number of piperidine rings is 1. The average Bonchev–Trinajstić information content (AvgIpc) is 3.15. The van der Waals surface area contributed by atoms with Crippen LogP contribution < -0.4 is 19.7 Å². The van der Waals surface area contributed by atoms with E-state index in [2.05, 4.69) is 15.2 Å². The van der Waals surface area contributed by atoms with Crippen molar-refractivity contribution in [2.45, 2.75) is 19.3 Å². The number of amides is 1. The van der Waals surface area contributed by atoms with Crippen molar-refractivity contribution < 1.29 is 14.3 Å². The van der Waals surface area contributed by atoms with Crippen LogP contribution in [0.3, 0.4) is 0 Å². The number of nitrogens with one attached hydrogen (secondary N) is 1. The van der Waals surface area contributed by atoms with Gasteiger partial charge in [-0.05, 0) is 55.2 Å². The van der Waals surface area contributed by atoms with Crippen molar-refractivity contribution in [3.63, 3.8) is 0 Å². The first kappa shape index (κ1) is 16.4. The van der Waals surface area contributed by atoms with E-state index < -0.39 is 0 Å². The molecule has 6 nitrogen and oxygen atoms in total. The maximum Gasteiger partial charge on any atom is 0.248 e. The summed E-state index contributed by atoms with van der Waals surface area (Å²) < 4.78 is 10.6. The first-order valence-corrected chi connectivity index (χ1v) is 8.88. The van der Waals surface area contributed by atoms with E-state index in [1.807, 2.05) is 30.3 Å². The summed E-state index contributed by atoms with van der Waals surface area (Å²) in [6.45, 7) is 2.34. The second-order valence-corrected chi connectivity index (χ2v) is 6.39. The summed E-state index contributed by atoms with van der Waals surface area (Å²) in [5.41, 5.74) is 1.56. The summed E-state index contributed by atoms with van der Waals surface area (Å²) in [6.07, 6.45) is 8.66. The normalized spacial score (nSPS) is 16.1. The van der Waals surface area contributed by atoms with Crippen molar-refractivity contribution in [1.82, 2.24) is 4.98 Å². The number of fused-ring (bicyclic) bond motifs is 1. The van der Waals surface area contributed by atoms with Gasteiger partial charge in [0.05, 0.1) is 11.9 Å². The molecule has 1 saturated heterocycles. The number of aromatic nitrogens is 1. The quantitative estimate of drug-likeness (QED) is 0.855. The predicted octanol–water partition coefficient (Wildman–Crippen LogP) is 3.45. The van der Waals surface area contributed by atoms with Gasteiger partial charge in [-0.3, -0.25) is 4.79 Å². The largest absolute Gasteiger partial charge is 0.454 e. The molecule has 1 N–H and O–H groups in total. The zero-order chi connectivity index (χ0) is 17.8. The van der Waals surface area contributed by atoms with E-state index in [0.29, 0.717) is 11.4 Å². The number of hydrogen-bond acceptors (Lipinski definition) is 5. The average molecular weight is 351 g/mol. The minimum Gasteiger partial charge on any atom is -0.454 e. The molecule has 2 aliphatic rings. The summed E-state index contributed by atoms with van der Waals surface area (Å²) in [5.74, 6) is 2.20. The van der Waals surface area contributed by atoms with Crippen molar-refractivity contribution in [3.05, 3.63) is 48.2 Å². The number of carbonyl (C=O) groups excluding carboxylic acids is 1. The fourth-order valence-electron chi connectivity index (χ4n) is 3.14. The summed E-state index contributed by atoms with van der Waals surface area (Å²) in [6, 6.07) is 9.42. The highest BCUT2D eigenvalue weighted by molar-refractivity contribution is 6.01. The van der Waals surface area contributed by atoms with Crippen LogP contribution in [0.2, 0.25) is 0 Å². The lowest BCUT2D eigenvalue weighted by molar-refractivity contribution is -0.111. The molecule has 1 amide bonds. The van der Waals surface area contributed by atoms with E-state index in [-0.39, 0.29) is 12.7 Å². The molecule has 2 aliphatic heterocycles. The van der Waals surface area contributed by atoms with Crippen LogP contribution >= 0.6 is 0 Å². The number of nitrogens with zero attached hydrogens (tertiary/aromatic N) is 2. The Balaban J connectivity index is 1.35. The lowest BCUT2D eigenvalue weighted by atomic mass is 10.1. The van der Waals surface area contributed by atoms with E-state index in [1.165, 1.54) is 25.3 Å². The highest BCUT2D eigenvalue weighted by atomic mass is 16.7. The lowest BCUT2D eigenvalue weighted by Crippen LogP contribution is -2.30. The number of pyridine rings is 1. The van der Waals surface area contributed by atoms with Gasteiger partial charge < -0.3 is 19.7 Å². The van der Waals surface area contributed by atoms with Gasteiger partial charge >= 0.3 is 0 Å². The molecule has 2 aromatic rings. The minimum atomic E-state index is -0.199. The van der Waals surface area contributed by atoms with Gasteiger partial charge in [-0.1, -0.05) is 6.07 Å². The number of anilines is 2. The highest BCUT2D eigenvalue weighted by Gasteiger charge is 2.13. The second kappa shape index (κ2) is 7.47. The second-order valence-electron chi connectivity index (χ2n) is 6.39. The van der Waals surface area contributed by atoms with E-state index in [4.69, 9.17) is 9.47 Å². The van der Waals surface area contributed by atoms with E-state index in [9.17, 15) is 4.79 Å². The molecule has 0 bridgehead atoms. The Bertz CT molecular complexity index is 812. The summed E-state index contributed by atoms with van der Waals surface area (Å²) >= 11 is 0. The van der Waals surface area contributed by atoms with Gasteiger partial charge in [0, 0.05) is 19.2 Å². The van der Waals surface area contributed by atoms with E-state index in [1.54, 1.807) is 12.3 Å². The number of benzene rings is 1. The fraction of sp³-hybridized carbons (Fsp3) is 0.300. The van der Waals surface area contributed by atoms with Gasteiger partial charge in [0.25, 0.3) is 0 Å². The van der Waals surface area contributed by atoms with Crippen molar-refractivity contribution in [2.24, 2.45) is 0 Å². The Hall–Kier alpha value is -3.02. The van der Waals surface area contributed by atoms with Crippen LogP contribution in [0.1, 0.15) is 24.8 Å². The maximum absolute atomic E-state index is 12.1. The molecule has 0 saturated carbocycles. The van der Waals surface area contributed by atoms with Gasteiger partial charge in [0.2, 0.25) is 12.7 Å². The summed E-state index contributed by atoms with van der Waals surface area (Å²) in [4.78, 5) is 18.9. The van der Waals surface area contributed by atoms with Gasteiger partial charge in [-0.15, -0.1) is 0 Å². The third-order valence-electron chi connectivity index (χ3n) is 4.52. The molecule has 0 aliphatic carbocycles. The zero-order valence-corrected chi connectivity index (χ0v) is 14.5. The lowest BCUT2D eigenvalue weighted by Gasteiger charge is -2.27. The standard InChI is InChI=1S/C20H21N3O3/c24-20(9-5-15-4-7-17-18(12-15)26-14-25-17)22-16-6-8-19(21-13-16)23-10-2-1-3-11-23/h4-9,12-13H,1-3,10-11,14H2,(H,22,24)/b9-5+. The first-order chi connectivity index (χ1) is 12.8. The SMILES string of the molecule is O=C(/C=C/c1ccc2c(c1)OCO2)Nc1ccc(N2CCCCC2)nc1. The predicted molar refractivity (Wildman–Crippen MR) is 101 cm³/mol. The van der Waals surface area contributed by atoms with Gasteiger partial charge in [0.15, 0.2) is 11.5 Å². The zero-order valence-electron chi connectivity index (χ0n) is 14.5. The molecular formula is C20H21N3O3. The van der Waals surface area contributed by atoms with E-state index in [0.717, 1.165) is 30.2 Å². The number of ether oxygens (including phenoxy) is 2. The van der Waals surface area contributed by atoms with Crippen LogP contribution in [0.5, 0.6) is 11.5 Å². The Labute approximate surface area is 152 Å². The summed E-state index contributed by atoms with van der Waals surface area (Å²) in [7, 11) is 0. The smallest absolute Gasteiger partial charge is 0.248 e. The van der Waals surface area contributed by atoms with Crippen LogP contribution in [0, 0.1) is 0 Å². The van der Waals surface area contributed by atoms with Crippen molar-refractivity contribution in [2.75, 3.05) is 30.1 Å². The molecule has 0 atom stereocenters. The van der Waals surface area contributed by atoms with Crippen molar-refractivity contribution in [1.29, 1.82) is 0 Å². The van der Waals surface area contributed by atoms with Crippen LogP contribution in [0.4, 0.5) is 11.5 Å². The Morgan fingerprint density at radius 1 is 1.08 bits per heavy atom.